The Morgan fingerprint density at radius 3 is 2.72 bits per heavy atom. The predicted molar refractivity (Wildman–Crippen MR) is 97.5 cm³/mol. The Labute approximate surface area is 146 Å². The lowest BCUT2D eigenvalue weighted by Crippen LogP contribution is -2.44. The fourth-order valence-corrected chi connectivity index (χ4v) is 2.88. The van der Waals surface area contributed by atoms with Crippen molar-refractivity contribution in [1.82, 2.24) is 24.8 Å². The number of piperazine rings is 1. The molecule has 0 saturated carbocycles. The second-order valence-electron chi connectivity index (χ2n) is 6.03. The average Bonchev–Trinajstić information content (AvgIpc) is 3.06. The van der Waals surface area contributed by atoms with Gasteiger partial charge in [-0.2, -0.15) is 4.98 Å². The van der Waals surface area contributed by atoms with Crippen LogP contribution in [0.5, 0.6) is 5.75 Å². The van der Waals surface area contributed by atoms with E-state index in [1.54, 1.807) is 4.52 Å². The first kappa shape index (κ1) is 15.9. The van der Waals surface area contributed by atoms with Crippen LogP contribution >= 0.6 is 0 Å². The van der Waals surface area contributed by atoms with Gasteiger partial charge in [-0.15, -0.1) is 5.10 Å². The number of nitrogens with zero attached hydrogens (tertiary/aromatic N) is 4. The molecule has 2 N–H and O–H groups in total. The summed E-state index contributed by atoms with van der Waals surface area (Å²) in [6, 6.07) is 13.7. The molecule has 1 aromatic carbocycles. The molecular weight excluding hydrogens is 316 g/mol. The number of benzene rings is 1. The zero-order chi connectivity index (χ0) is 16.9. The highest BCUT2D eigenvalue weighted by Crippen LogP contribution is 2.18. The standard InChI is InChI=1S/C18H22N6O/c1-2-10-24-17(3-1)21-18(22-24)20-15-4-6-16(7-5-15)25-14-13-23-11-8-19-9-12-23/h1-7,10,19H,8-9,11-14H2,(H,20,22). The first-order valence-corrected chi connectivity index (χ1v) is 8.61. The SMILES string of the molecule is c1ccn2nc(Nc3ccc(OCCN4CCNCC4)cc3)nc2c1. The van der Waals surface area contributed by atoms with Gasteiger partial charge < -0.3 is 15.4 Å². The molecule has 3 aromatic rings. The second-order valence-corrected chi connectivity index (χ2v) is 6.03. The number of nitrogens with one attached hydrogen (secondary N) is 2. The molecule has 0 atom stereocenters. The first-order chi connectivity index (χ1) is 12.4. The molecule has 4 rings (SSSR count). The average molecular weight is 338 g/mol. The molecule has 1 aliphatic heterocycles. The maximum atomic E-state index is 5.84. The van der Waals surface area contributed by atoms with Gasteiger partial charge in [0.1, 0.15) is 12.4 Å². The van der Waals surface area contributed by atoms with Crippen molar-refractivity contribution in [2.75, 3.05) is 44.6 Å². The molecule has 2 aromatic heterocycles. The Kier molecular flexibility index (Phi) is 4.76. The van der Waals surface area contributed by atoms with E-state index in [4.69, 9.17) is 4.74 Å². The van der Waals surface area contributed by atoms with E-state index in [2.05, 4.69) is 25.6 Å². The minimum absolute atomic E-state index is 0.582. The summed E-state index contributed by atoms with van der Waals surface area (Å²) in [5.74, 6) is 1.46. The monoisotopic (exact) mass is 338 g/mol. The van der Waals surface area contributed by atoms with E-state index >= 15 is 0 Å². The molecule has 1 saturated heterocycles. The molecule has 1 fully saturated rings. The third-order valence-corrected chi connectivity index (χ3v) is 4.24. The maximum absolute atomic E-state index is 5.84. The lowest BCUT2D eigenvalue weighted by atomic mass is 10.3. The van der Waals surface area contributed by atoms with Gasteiger partial charge in [-0.25, -0.2) is 4.52 Å². The molecule has 0 unspecified atom stereocenters. The van der Waals surface area contributed by atoms with Crippen LogP contribution in [-0.2, 0) is 0 Å². The topological polar surface area (TPSA) is 66.7 Å². The van der Waals surface area contributed by atoms with Crippen LogP contribution in [0.3, 0.4) is 0 Å². The maximum Gasteiger partial charge on any atom is 0.247 e. The van der Waals surface area contributed by atoms with Gasteiger partial charge in [0.05, 0.1) is 0 Å². The van der Waals surface area contributed by atoms with E-state index in [0.717, 1.165) is 49.8 Å². The molecule has 0 amide bonds. The molecule has 130 valence electrons. The molecule has 25 heavy (non-hydrogen) atoms. The Hall–Kier alpha value is -2.64. The molecule has 7 nitrogen and oxygen atoms in total. The highest BCUT2D eigenvalue weighted by Gasteiger charge is 2.09. The minimum atomic E-state index is 0.582. The predicted octanol–water partition coefficient (Wildman–Crippen LogP) is 1.76. The summed E-state index contributed by atoms with van der Waals surface area (Å²) in [6.07, 6.45) is 1.88. The normalized spacial score (nSPS) is 15.4. The van der Waals surface area contributed by atoms with Crippen LogP contribution in [0.1, 0.15) is 0 Å². The number of hydrogen-bond acceptors (Lipinski definition) is 6. The van der Waals surface area contributed by atoms with Gasteiger partial charge in [0.25, 0.3) is 0 Å². The van der Waals surface area contributed by atoms with Crippen LogP contribution in [0.4, 0.5) is 11.6 Å². The number of ether oxygens (including phenoxy) is 1. The molecule has 7 heteroatoms. The van der Waals surface area contributed by atoms with E-state index in [0.29, 0.717) is 12.6 Å². The lowest BCUT2D eigenvalue weighted by Gasteiger charge is -2.26. The lowest BCUT2D eigenvalue weighted by molar-refractivity contribution is 0.191. The van der Waals surface area contributed by atoms with Gasteiger partial charge in [-0.3, -0.25) is 4.90 Å². The number of hydrogen-bond donors (Lipinski definition) is 2. The summed E-state index contributed by atoms with van der Waals surface area (Å²) in [5, 5.41) is 11.0. The van der Waals surface area contributed by atoms with E-state index in [-0.39, 0.29) is 0 Å². The van der Waals surface area contributed by atoms with Gasteiger partial charge in [0.15, 0.2) is 5.65 Å². The largest absolute Gasteiger partial charge is 0.492 e. The smallest absolute Gasteiger partial charge is 0.247 e. The summed E-state index contributed by atoms with van der Waals surface area (Å²) in [6.45, 7) is 6.00. The number of fused-ring (bicyclic) bond motifs is 1. The first-order valence-electron chi connectivity index (χ1n) is 8.61. The highest BCUT2D eigenvalue weighted by molar-refractivity contribution is 5.56. The third kappa shape index (κ3) is 4.07. The van der Waals surface area contributed by atoms with E-state index < -0.39 is 0 Å². The van der Waals surface area contributed by atoms with Gasteiger partial charge >= 0.3 is 0 Å². The quantitative estimate of drug-likeness (QED) is 0.714. The van der Waals surface area contributed by atoms with Crippen LogP contribution in [-0.4, -0.2) is 58.8 Å². The Morgan fingerprint density at radius 2 is 1.92 bits per heavy atom. The van der Waals surface area contributed by atoms with Crippen LogP contribution in [0, 0.1) is 0 Å². The molecule has 0 spiro atoms. The van der Waals surface area contributed by atoms with Gasteiger partial charge in [0, 0.05) is 44.6 Å². The number of pyridine rings is 1. The van der Waals surface area contributed by atoms with Crippen molar-refractivity contribution in [1.29, 1.82) is 0 Å². The summed E-state index contributed by atoms with van der Waals surface area (Å²) in [7, 11) is 0. The second kappa shape index (κ2) is 7.50. The third-order valence-electron chi connectivity index (χ3n) is 4.24. The van der Waals surface area contributed by atoms with Crippen molar-refractivity contribution < 1.29 is 4.74 Å². The number of aromatic nitrogens is 3. The highest BCUT2D eigenvalue weighted by atomic mass is 16.5. The van der Waals surface area contributed by atoms with Crippen molar-refractivity contribution in [3.63, 3.8) is 0 Å². The zero-order valence-corrected chi connectivity index (χ0v) is 14.1. The van der Waals surface area contributed by atoms with Gasteiger partial charge in [0.2, 0.25) is 5.95 Å². The van der Waals surface area contributed by atoms with E-state index in [1.165, 1.54) is 0 Å². The zero-order valence-electron chi connectivity index (χ0n) is 14.1. The van der Waals surface area contributed by atoms with Crippen LogP contribution < -0.4 is 15.4 Å². The molecule has 0 bridgehead atoms. The molecular formula is C18H22N6O. The molecule has 3 heterocycles. The fraction of sp³-hybridized carbons (Fsp3) is 0.333. The molecule has 0 radical (unpaired) electrons. The number of rotatable bonds is 6. The van der Waals surface area contributed by atoms with Gasteiger partial charge in [-0.1, -0.05) is 6.07 Å². The fourth-order valence-electron chi connectivity index (χ4n) is 2.88. The van der Waals surface area contributed by atoms with E-state index in [1.807, 2.05) is 48.7 Å². The minimum Gasteiger partial charge on any atom is -0.492 e. The van der Waals surface area contributed by atoms with Crippen molar-refractivity contribution >= 4 is 17.3 Å². The molecule has 0 aliphatic carbocycles. The van der Waals surface area contributed by atoms with Gasteiger partial charge in [-0.05, 0) is 36.4 Å². The van der Waals surface area contributed by atoms with Crippen LogP contribution in [0.25, 0.3) is 5.65 Å². The van der Waals surface area contributed by atoms with Crippen molar-refractivity contribution in [2.45, 2.75) is 0 Å². The Balaban J connectivity index is 1.30. The Morgan fingerprint density at radius 1 is 1.08 bits per heavy atom. The van der Waals surface area contributed by atoms with Crippen molar-refractivity contribution in [3.8, 4) is 5.75 Å². The number of anilines is 2. The molecule has 1 aliphatic rings. The Bertz CT molecular complexity index is 777. The summed E-state index contributed by atoms with van der Waals surface area (Å²) < 4.78 is 7.58. The van der Waals surface area contributed by atoms with E-state index in [9.17, 15) is 0 Å². The van der Waals surface area contributed by atoms with Crippen LogP contribution in [0.15, 0.2) is 48.7 Å². The van der Waals surface area contributed by atoms with Crippen molar-refractivity contribution in [3.05, 3.63) is 48.7 Å². The summed E-state index contributed by atoms with van der Waals surface area (Å²) in [4.78, 5) is 6.85. The van der Waals surface area contributed by atoms with Crippen molar-refractivity contribution in [2.24, 2.45) is 0 Å². The van der Waals surface area contributed by atoms with Crippen LogP contribution in [0.2, 0.25) is 0 Å². The summed E-state index contributed by atoms with van der Waals surface area (Å²) >= 11 is 0. The summed E-state index contributed by atoms with van der Waals surface area (Å²) in [5.41, 5.74) is 1.75.